The Hall–Kier alpha value is -1.79. The minimum absolute atomic E-state index is 0.0525. The van der Waals surface area contributed by atoms with Crippen LogP contribution in [0.5, 0.6) is 0 Å². The number of hydrogen-bond donors (Lipinski definition) is 1. The maximum Gasteiger partial charge on any atom is 0.127 e. The summed E-state index contributed by atoms with van der Waals surface area (Å²) < 4.78 is 2.07. The highest BCUT2D eigenvalue weighted by molar-refractivity contribution is 5.77. The standard InChI is InChI=1S/C17H23N3/c1-5-7-14(18)17-19-15-11-13(12(3)4)8-9-16(15)20(17)10-6-2/h2,8-9,11-12,14H,5,7,10,18H2,1,3-4H3. The van der Waals surface area contributed by atoms with Gasteiger partial charge in [-0.25, -0.2) is 4.98 Å². The fourth-order valence-corrected chi connectivity index (χ4v) is 2.51. The molecule has 20 heavy (non-hydrogen) atoms. The van der Waals surface area contributed by atoms with Gasteiger partial charge in [-0.2, -0.15) is 0 Å². The number of fused-ring (bicyclic) bond motifs is 1. The minimum Gasteiger partial charge on any atom is -0.321 e. The van der Waals surface area contributed by atoms with E-state index in [-0.39, 0.29) is 6.04 Å². The molecule has 0 fully saturated rings. The lowest BCUT2D eigenvalue weighted by Gasteiger charge is -2.12. The average molecular weight is 269 g/mol. The lowest BCUT2D eigenvalue weighted by molar-refractivity contribution is 0.576. The van der Waals surface area contributed by atoms with Crippen molar-refractivity contribution >= 4 is 11.0 Å². The fourth-order valence-electron chi connectivity index (χ4n) is 2.51. The van der Waals surface area contributed by atoms with Gasteiger partial charge in [-0.1, -0.05) is 39.2 Å². The van der Waals surface area contributed by atoms with Crippen molar-refractivity contribution in [2.24, 2.45) is 5.73 Å². The monoisotopic (exact) mass is 269 g/mol. The summed E-state index contributed by atoms with van der Waals surface area (Å²) in [5, 5.41) is 0. The number of nitrogens with zero attached hydrogens (tertiary/aromatic N) is 2. The Balaban J connectivity index is 2.56. The molecule has 0 saturated heterocycles. The molecule has 1 unspecified atom stereocenters. The number of rotatable bonds is 5. The molecule has 3 nitrogen and oxygen atoms in total. The van der Waals surface area contributed by atoms with E-state index in [1.807, 2.05) is 0 Å². The Morgan fingerprint density at radius 2 is 2.15 bits per heavy atom. The Kier molecular flexibility index (Phi) is 4.46. The van der Waals surface area contributed by atoms with Crippen LogP contribution in [0.3, 0.4) is 0 Å². The summed E-state index contributed by atoms with van der Waals surface area (Å²) in [4.78, 5) is 4.74. The van der Waals surface area contributed by atoms with Crippen LogP contribution >= 0.6 is 0 Å². The van der Waals surface area contributed by atoms with Crippen LogP contribution < -0.4 is 5.73 Å². The van der Waals surface area contributed by atoms with Gasteiger partial charge < -0.3 is 10.3 Å². The highest BCUT2D eigenvalue weighted by Crippen LogP contribution is 2.25. The molecule has 0 amide bonds. The van der Waals surface area contributed by atoms with E-state index in [9.17, 15) is 0 Å². The molecule has 0 radical (unpaired) electrons. The van der Waals surface area contributed by atoms with Crippen LogP contribution in [0.1, 0.15) is 57.0 Å². The van der Waals surface area contributed by atoms with Gasteiger partial charge in [0, 0.05) is 0 Å². The van der Waals surface area contributed by atoms with Crippen LogP contribution in [0.15, 0.2) is 18.2 Å². The first-order chi connectivity index (χ1) is 9.58. The molecule has 1 heterocycles. The Morgan fingerprint density at radius 1 is 1.40 bits per heavy atom. The van der Waals surface area contributed by atoms with Crippen LogP contribution in [-0.4, -0.2) is 9.55 Å². The van der Waals surface area contributed by atoms with Gasteiger partial charge in [0.25, 0.3) is 0 Å². The van der Waals surface area contributed by atoms with Crippen LogP contribution in [0.4, 0.5) is 0 Å². The third-order valence-electron chi connectivity index (χ3n) is 3.65. The van der Waals surface area contributed by atoms with Crippen LogP contribution in [0.2, 0.25) is 0 Å². The molecule has 0 aliphatic carbocycles. The maximum atomic E-state index is 6.25. The summed E-state index contributed by atoms with van der Waals surface area (Å²) in [7, 11) is 0. The molecule has 1 atom stereocenters. The van der Waals surface area contributed by atoms with E-state index in [1.54, 1.807) is 0 Å². The first kappa shape index (κ1) is 14.6. The van der Waals surface area contributed by atoms with Gasteiger partial charge in [-0.15, -0.1) is 6.42 Å². The summed E-state index contributed by atoms with van der Waals surface area (Å²) in [6, 6.07) is 6.35. The molecular weight excluding hydrogens is 246 g/mol. The molecule has 3 heteroatoms. The van der Waals surface area contributed by atoms with Crippen molar-refractivity contribution in [3.8, 4) is 12.3 Å². The minimum atomic E-state index is -0.0525. The molecule has 0 saturated carbocycles. The molecule has 2 rings (SSSR count). The Bertz CT molecular complexity index is 631. The predicted molar refractivity (Wildman–Crippen MR) is 84.5 cm³/mol. The SMILES string of the molecule is C#CCn1c(C(N)CCC)nc2cc(C(C)C)ccc21. The van der Waals surface area contributed by atoms with Crippen LogP contribution in [0, 0.1) is 12.3 Å². The normalized spacial score (nSPS) is 12.8. The third-order valence-corrected chi connectivity index (χ3v) is 3.65. The Morgan fingerprint density at radius 3 is 2.75 bits per heavy atom. The molecule has 1 aromatic heterocycles. The van der Waals surface area contributed by atoms with Gasteiger partial charge in [0.1, 0.15) is 5.82 Å². The van der Waals surface area contributed by atoms with Crippen molar-refractivity contribution in [1.29, 1.82) is 0 Å². The summed E-state index contributed by atoms with van der Waals surface area (Å²) >= 11 is 0. The largest absolute Gasteiger partial charge is 0.321 e. The second-order valence-corrected chi connectivity index (χ2v) is 5.56. The van der Waals surface area contributed by atoms with E-state index in [0.717, 1.165) is 29.7 Å². The number of aromatic nitrogens is 2. The van der Waals surface area contributed by atoms with Crippen LogP contribution in [0.25, 0.3) is 11.0 Å². The van der Waals surface area contributed by atoms with E-state index >= 15 is 0 Å². The summed E-state index contributed by atoms with van der Waals surface area (Å²) in [5.74, 6) is 4.10. The van der Waals surface area contributed by atoms with E-state index < -0.39 is 0 Å². The van der Waals surface area contributed by atoms with E-state index in [2.05, 4.69) is 49.5 Å². The highest BCUT2D eigenvalue weighted by atomic mass is 15.1. The zero-order chi connectivity index (χ0) is 14.7. The van der Waals surface area contributed by atoms with E-state index in [0.29, 0.717) is 12.5 Å². The number of benzene rings is 1. The topological polar surface area (TPSA) is 43.8 Å². The number of hydrogen-bond acceptors (Lipinski definition) is 2. The molecule has 106 valence electrons. The lowest BCUT2D eigenvalue weighted by Crippen LogP contribution is -2.16. The summed E-state index contributed by atoms with van der Waals surface area (Å²) in [6.07, 6.45) is 7.45. The summed E-state index contributed by atoms with van der Waals surface area (Å²) in [6.45, 7) is 7.02. The van der Waals surface area contributed by atoms with Gasteiger partial charge in [0.15, 0.2) is 0 Å². The fraction of sp³-hybridized carbons (Fsp3) is 0.471. The highest BCUT2D eigenvalue weighted by Gasteiger charge is 2.16. The van der Waals surface area contributed by atoms with E-state index in [1.165, 1.54) is 5.56 Å². The van der Waals surface area contributed by atoms with Crippen molar-refractivity contribution in [3.05, 3.63) is 29.6 Å². The predicted octanol–water partition coefficient (Wildman–Crippen LogP) is 3.59. The molecule has 2 N–H and O–H groups in total. The van der Waals surface area contributed by atoms with Crippen molar-refractivity contribution < 1.29 is 0 Å². The van der Waals surface area contributed by atoms with Gasteiger partial charge in [-0.3, -0.25) is 0 Å². The quantitative estimate of drug-likeness (QED) is 0.843. The zero-order valence-electron chi connectivity index (χ0n) is 12.6. The van der Waals surface area contributed by atoms with Crippen molar-refractivity contribution in [3.63, 3.8) is 0 Å². The molecule has 0 bridgehead atoms. The first-order valence-electron chi connectivity index (χ1n) is 7.27. The third kappa shape index (κ3) is 2.71. The molecule has 0 aliphatic rings. The second-order valence-electron chi connectivity index (χ2n) is 5.56. The van der Waals surface area contributed by atoms with Gasteiger partial charge in [-0.05, 0) is 30.0 Å². The number of imidazole rings is 1. The Labute approximate surface area is 121 Å². The molecular formula is C17H23N3. The van der Waals surface area contributed by atoms with Crippen molar-refractivity contribution in [2.45, 2.75) is 52.1 Å². The lowest BCUT2D eigenvalue weighted by atomic mass is 10.0. The number of nitrogens with two attached hydrogens (primary N) is 1. The van der Waals surface area contributed by atoms with Crippen LogP contribution in [-0.2, 0) is 6.54 Å². The molecule has 1 aromatic carbocycles. The smallest absolute Gasteiger partial charge is 0.127 e. The second kappa shape index (κ2) is 6.11. The van der Waals surface area contributed by atoms with E-state index in [4.69, 9.17) is 17.1 Å². The van der Waals surface area contributed by atoms with Crippen molar-refractivity contribution in [2.75, 3.05) is 0 Å². The summed E-state index contributed by atoms with van der Waals surface area (Å²) in [5.41, 5.74) is 9.61. The zero-order valence-corrected chi connectivity index (χ0v) is 12.6. The van der Waals surface area contributed by atoms with Crippen molar-refractivity contribution in [1.82, 2.24) is 9.55 Å². The first-order valence-corrected chi connectivity index (χ1v) is 7.27. The maximum absolute atomic E-state index is 6.25. The van der Waals surface area contributed by atoms with Gasteiger partial charge in [0.05, 0.1) is 23.6 Å². The van der Waals surface area contributed by atoms with Gasteiger partial charge >= 0.3 is 0 Å². The molecule has 0 spiro atoms. The van der Waals surface area contributed by atoms with Gasteiger partial charge in [0.2, 0.25) is 0 Å². The average Bonchev–Trinajstić information content (AvgIpc) is 2.77. The molecule has 0 aliphatic heterocycles. The number of terminal acetylenes is 1. The molecule has 2 aromatic rings.